The van der Waals surface area contributed by atoms with Crippen molar-refractivity contribution < 1.29 is 23.7 Å². The Kier molecular flexibility index (Phi) is 9.74. The Morgan fingerprint density at radius 2 is 0.766 bits per heavy atom. The van der Waals surface area contributed by atoms with Gasteiger partial charge in [-0.3, -0.25) is 0 Å². The van der Waals surface area contributed by atoms with Gasteiger partial charge in [-0.25, -0.2) is 0 Å². The van der Waals surface area contributed by atoms with E-state index in [-0.39, 0.29) is 8.16 Å². The smallest absolute Gasteiger partial charge is 0.119 e. The van der Waals surface area contributed by atoms with Crippen LogP contribution in [0.5, 0.6) is 11.5 Å². The van der Waals surface area contributed by atoms with Crippen molar-refractivity contribution in [3.63, 3.8) is 0 Å². The minimum absolute atomic E-state index is 0.00275. The highest BCUT2D eigenvalue weighted by Gasteiger charge is 2.48. The van der Waals surface area contributed by atoms with Gasteiger partial charge in [0.1, 0.15) is 32.9 Å². The fourth-order valence-electron chi connectivity index (χ4n) is 6.97. The van der Waals surface area contributed by atoms with Gasteiger partial charge in [-0.05, 0) is 68.8 Å². The van der Waals surface area contributed by atoms with E-state index < -0.39 is 0 Å². The van der Waals surface area contributed by atoms with Crippen molar-refractivity contribution in [2.45, 2.75) is 8.16 Å². The summed E-state index contributed by atoms with van der Waals surface area (Å²) in [5.41, 5.74) is 11.0. The van der Waals surface area contributed by atoms with Gasteiger partial charge < -0.3 is 23.7 Å². The monoisotopic (exact) mass is 702 g/mol. The summed E-state index contributed by atoms with van der Waals surface area (Å²) in [6.07, 6.45) is 0. The van der Waals surface area contributed by atoms with Crippen LogP contribution in [0.4, 0.5) is 0 Å². The molecule has 2 heterocycles. The van der Waals surface area contributed by atoms with Gasteiger partial charge in [0.15, 0.2) is 0 Å². The van der Waals surface area contributed by atoms with Gasteiger partial charge in [0.05, 0.1) is 39.6 Å². The zero-order valence-corrected chi connectivity index (χ0v) is 29.5. The minimum atomic E-state index is 0.00275. The summed E-state index contributed by atoms with van der Waals surface area (Å²) in [6, 6.07) is 30.7. The molecule has 2 spiro atoms. The molecule has 2 aliphatic heterocycles. The van der Waals surface area contributed by atoms with Crippen LogP contribution in [-0.4, -0.2) is 75.9 Å². The number of benzene rings is 4. The van der Waals surface area contributed by atoms with Crippen LogP contribution in [0.15, 0.2) is 84.9 Å². The third-order valence-corrected chi connectivity index (χ3v) is 15.9. The molecule has 0 atom stereocenters. The lowest BCUT2D eigenvalue weighted by molar-refractivity contribution is 0.00498. The van der Waals surface area contributed by atoms with Gasteiger partial charge in [0.25, 0.3) is 0 Å². The van der Waals surface area contributed by atoms with Gasteiger partial charge in [-0.1, -0.05) is 60.7 Å². The molecular weight excluding hydrogens is 665 g/mol. The molecule has 4 aromatic rings. The second kappa shape index (κ2) is 14.3. The number of hydrogen-bond donors (Lipinski definition) is 0. The molecule has 0 bridgehead atoms. The molecule has 8 rings (SSSR count). The third kappa shape index (κ3) is 6.11. The Morgan fingerprint density at radius 3 is 1.19 bits per heavy atom. The molecule has 0 aromatic heterocycles. The quantitative estimate of drug-likeness (QED) is 0.120. The molecule has 2 saturated heterocycles. The van der Waals surface area contributed by atoms with Crippen LogP contribution in [0, 0.1) is 0 Å². The summed E-state index contributed by atoms with van der Waals surface area (Å²) in [4.78, 5) is 0. The molecule has 244 valence electrons. The van der Waals surface area contributed by atoms with Crippen molar-refractivity contribution in [3.05, 3.63) is 107 Å². The van der Waals surface area contributed by atoms with E-state index in [4.69, 9.17) is 23.7 Å². The van der Waals surface area contributed by atoms with Crippen LogP contribution in [0.25, 0.3) is 22.3 Å². The van der Waals surface area contributed by atoms with Gasteiger partial charge in [0.2, 0.25) is 0 Å². The van der Waals surface area contributed by atoms with E-state index in [0.29, 0.717) is 52.9 Å². The molecule has 2 fully saturated rings. The van der Waals surface area contributed by atoms with E-state index in [1.54, 1.807) is 0 Å². The van der Waals surface area contributed by atoms with Gasteiger partial charge in [-0.2, -0.15) is 0 Å². The SMILES string of the molecule is c1ccc2c(c1)-c1ccc(OCCOCCOCCOCCOc3ccc4c(c3)C3(SCCS3)c3ccccc3-4)cc1C21SCCS1. The Morgan fingerprint density at radius 1 is 0.404 bits per heavy atom. The first-order chi connectivity index (χ1) is 23.3. The van der Waals surface area contributed by atoms with E-state index >= 15 is 0 Å². The average Bonchev–Trinajstić information content (AvgIpc) is 3.91. The predicted octanol–water partition coefficient (Wildman–Crippen LogP) is 8.52. The highest BCUT2D eigenvalue weighted by Crippen LogP contribution is 2.65. The molecule has 5 nitrogen and oxygen atoms in total. The van der Waals surface area contributed by atoms with Crippen LogP contribution in [0.3, 0.4) is 0 Å². The van der Waals surface area contributed by atoms with Crippen molar-refractivity contribution in [3.8, 4) is 33.8 Å². The van der Waals surface area contributed by atoms with Crippen molar-refractivity contribution >= 4 is 47.0 Å². The van der Waals surface area contributed by atoms with Gasteiger partial charge in [-0.15, -0.1) is 47.0 Å². The van der Waals surface area contributed by atoms with Crippen molar-refractivity contribution in [1.29, 1.82) is 0 Å². The third-order valence-electron chi connectivity index (χ3n) is 8.96. The normalized spacial score (nSPS) is 17.5. The summed E-state index contributed by atoms with van der Waals surface area (Å²) < 4.78 is 29.4. The molecule has 4 aromatic carbocycles. The second-order valence-electron chi connectivity index (χ2n) is 11.7. The van der Waals surface area contributed by atoms with Gasteiger partial charge in [0, 0.05) is 23.0 Å². The van der Waals surface area contributed by atoms with E-state index in [9.17, 15) is 0 Å². The lowest BCUT2D eigenvalue weighted by Crippen LogP contribution is -2.15. The maximum atomic E-state index is 6.09. The van der Waals surface area contributed by atoms with Crippen LogP contribution in [0.1, 0.15) is 22.3 Å². The first-order valence-electron chi connectivity index (χ1n) is 16.3. The van der Waals surface area contributed by atoms with Crippen LogP contribution in [-0.2, 0) is 22.4 Å². The minimum Gasteiger partial charge on any atom is -0.491 e. The standard InChI is InChI=1S/C38H38O5S4/c1-3-7-33-29(5-1)31-11-9-27(25-35(31)37(33)44-21-22-45-37)42-19-17-40-15-13-39-14-16-41-18-20-43-28-10-12-32-30-6-2-4-8-34(30)38(36(32)26-28)46-23-24-47-38/h1-12,25-26H,13-24H2. The fraction of sp³-hybridized carbons (Fsp3) is 0.368. The molecular formula is C38H38O5S4. The molecule has 0 radical (unpaired) electrons. The average molecular weight is 703 g/mol. The van der Waals surface area contributed by atoms with Crippen molar-refractivity contribution in [2.24, 2.45) is 0 Å². The molecule has 9 heteroatoms. The summed E-state index contributed by atoms with van der Waals surface area (Å²) >= 11 is 8.20. The van der Waals surface area contributed by atoms with Crippen molar-refractivity contribution in [2.75, 3.05) is 75.9 Å². The molecule has 47 heavy (non-hydrogen) atoms. The van der Waals surface area contributed by atoms with Crippen LogP contribution >= 0.6 is 47.0 Å². The van der Waals surface area contributed by atoms with E-state index in [1.807, 2.05) is 47.0 Å². The molecule has 0 unspecified atom stereocenters. The molecule has 0 saturated carbocycles. The first kappa shape index (κ1) is 32.0. The Balaban J connectivity index is 0.703. The fourth-order valence-corrected chi connectivity index (χ4v) is 13.7. The highest BCUT2D eigenvalue weighted by atomic mass is 32.2. The van der Waals surface area contributed by atoms with Crippen LogP contribution in [0.2, 0.25) is 0 Å². The predicted molar refractivity (Wildman–Crippen MR) is 199 cm³/mol. The summed E-state index contributed by atoms with van der Waals surface area (Å²) in [5.74, 6) is 6.50. The molecule has 0 amide bonds. The number of thioether (sulfide) groups is 4. The Bertz CT molecular complexity index is 1590. The lowest BCUT2D eigenvalue weighted by Gasteiger charge is -2.24. The maximum Gasteiger partial charge on any atom is 0.119 e. The zero-order chi connectivity index (χ0) is 31.5. The Labute approximate surface area is 294 Å². The molecule has 0 N–H and O–H groups in total. The van der Waals surface area contributed by atoms with E-state index in [2.05, 4.69) is 84.9 Å². The molecule has 4 aliphatic rings. The summed E-state index contributed by atoms with van der Waals surface area (Å²) in [6.45, 7) is 4.19. The Hall–Kier alpha value is -2.24. The zero-order valence-electron chi connectivity index (χ0n) is 26.2. The maximum absolute atomic E-state index is 6.09. The molecule has 2 aliphatic carbocycles. The number of fused-ring (bicyclic) bond motifs is 10. The largest absolute Gasteiger partial charge is 0.491 e. The van der Waals surface area contributed by atoms with E-state index in [1.165, 1.54) is 67.5 Å². The van der Waals surface area contributed by atoms with Gasteiger partial charge >= 0.3 is 0 Å². The number of hydrogen-bond acceptors (Lipinski definition) is 9. The lowest BCUT2D eigenvalue weighted by atomic mass is 10.1. The highest BCUT2D eigenvalue weighted by molar-refractivity contribution is 8.21. The topological polar surface area (TPSA) is 46.2 Å². The summed E-state index contributed by atoms with van der Waals surface area (Å²) in [5, 5.41) is 0. The van der Waals surface area contributed by atoms with E-state index in [0.717, 1.165) is 11.5 Å². The number of rotatable bonds is 14. The number of ether oxygens (including phenoxy) is 5. The van der Waals surface area contributed by atoms with Crippen LogP contribution < -0.4 is 9.47 Å². The first-order valence-corrected chi connectivity index (χ1v) is 20.3. The summed E-state index contributed by atoms with van der Waals surface area (Å²) in [7, 11) is 0. The second-order valence-corrected chi connectivity index (χ2v) is 17.4. The van der Waals surface area contributed by atoms with Crippen molar-refractivity contribution in [1.82, 2.24) is 0 Å².